The second-order valence-corrected chi connectivity index (χ2v) is 12.2. The van der Waals surface area contributed by atoms with Crippen LogP contribution in [0.3, 0.4) is 0 Å². The van der Waals surface area contributed by atoms with Crippen LogP contribution in [0.25, 0.3) is 20.7 Å². The minimum Gasteiger partial charge on any atom is -0.353 e. The summed E-state index contributed by atoms with van der Waals surface area (Å²) < 4.78 is 0. The number of benzene rings is 2. The molecule has 3 aliphatic rings. The number of hydrogen-bond donors (Lipinski definition) is 2. The molecule has 0 aliphatic carbocycles. The summed E-state index contributed by atoms with van der Waals surface area (Å²) in [4.78, 5) is 42.7. The Bertz CT molecular complexity index is 1580. The Balaban J connectivity index is 1.04. The lowest BCUT2D eigenvalue weighted by Crippen LogP contribution is -2.51. The molecule has 2 atom stereocenters. The van der Waals surface area contributed by atoms with Gasteiger partial charge in [-0.2, -0.15) is 12.6 Å². The monoisotopic (exact) mass is 570 g/mol. The molecule has 40 heavy (non-hydrogen) atoms. The zero-order valence-corrected chi connectivity index (χ0v) is 23.7. The second kappa shape index (κ2) is 10.6. The van der Waals surface area contributed by atoms with Crippen LogP contribution in [0.5, 0.6) is 0 Å². The highest BCUT2D eigenvalue weighted by molar-refractivity contribution is 7.80. The molecule has 3 aliphatic heterocycles. The van der Waals surface area contributed by atoms with Gasteiger partial charge in [-0.3, -0.25) is 24.7 Å². The molecule has 2 fully saturated rings. The summed E-state index contributed by atoms with van der Waals surface area (Å²) in [6.45, 7) is 5.20. The smallest absolute Gasteiger partial charge is 0.243 e. The molecule has 2 amide bonds. The molecular weight excluding hydrogens is 541 g/mol. The topological polar surface area (TPSA) is 81.7 Å². The lowest BCUT2D eigenvalue weighted by Gasteiger charge is -2.36. The number of thiophene rings is 1. The molecule has 2 unspecified atom stereocenters. The number of nitrogens with zero attached hydrogens (tertiary/aromatic N) is 5. The number of thiol groups is 1. The van der Waals surface area contributed by atoms with Crippen molar-refractivity contribution in [3.05, 3.63) is 77.6 Å². The Kier molecular flexibility index (Phi) is 6.79. The quantitative estimate of drug-likeness (QED) is 0.275. The minimum absolute atomic E-state index is 0.151. The summed E-state index contributed by atoms with van der Waals surface area (Å²) in [5.74, 6) is 0.620. The van der Waals surface area contributed by atoms with Crippen LogP contribution in [0.2, 0.25) is 0 Å². The van der Waals surface area contributed by atoms with E-state index in [0.29, 0.717) is 19.4 Å². The first-order valence-electron chi connectivity index (χ1n) is 13.7. The van der Waals surface area contributed by atoms with Crippen molar-refractivity contribution in [1.82, 2.24) is 25.1 Å². The molecule has 204 valence electrons. The van der Waals surface area contributed by atoms with E-state index in [1.54, 1.807) is 17.7 Å². The van der Waals surface area contributed by atoms with Gasteiger partial charge in [0.15, 0.2) is 0 Å². The molecule has 0 bridgehead atoms. The van der Waals surface area contributed by atoms with Gasteiger partial charge in [-0.25, -0.2) is 9.97 Å². The van der Waals surface area contributed by atoms with Crippen LogP contribution < -0.4 is 10.2 Å². The van der Waals surface area contributed by atoms with E-state index < -0.39 is 0 Å². The van der Waals surface area contributed by atoms with Gasteiger partial charge >= 0.3 is 0 Å². The molecular formula is C30H30N6O2S2. The number of piperazine rings is 1. The Morgan fingerprint density at radius 1 is 1.00 bits per heavy atom. The number of carbonyl (C=O) groups excluding carboxylic acids is 2. The molecule has 2 aromatic carbocycles. The number of anilines is 1. The maximum Gasteiger partial charge on any atom is 0.243 e. The number of hydrogen-bond acceptors (Lipinski definition) is 9. The number of nitrogens with one attached hydrogen (secondary N) is 1. The molecule has 2 saturated heterocycles. The van der Waals surface area contributed by atoms with Crippen LogP contribution in [0.4, 0.5) is 5.82 Å². The van der Waals surface area contributed by atoms with E-state index >= 15 is 0 Å². The third kappa shape index (κ3) is 4.68. The van der Waals surface area contributed by atoms with Crippen LogP contribution in [0, 0.1) is 0 Å². The van der Waals surface area contributed by atoms with Gasteiger partial charge in [0.1, 0.15) is 17.0 Å². The van der Waals surface area contributed by atoms with Crippen molar-refractivity contribution in [2.45, 2.75) is 37.3 Å². The summed E-state index contributed by atoms with van der Waals surface area (Å²) in [5.41, 5.74) is 4.92. The Labute approximate surface area is 242 Å². The molecule has 5 heterocycles. The van der Waals surface area contributed by atoms with Gasteiger partial charge in [0.25, 0.3) is 0 Å². The van der Waals surface area contributed by atoms with Crippen LogP contribution in [-0.2, 0) is 22.7 Å². The van der Waals surface area contributed by atoms with Gasteiger partial charge in [-0.15, -0.1) is 11.3 Å². The fourth-order valence-electron chi connectivity index (χ4n) is 6.16. The zero-order chi connectivity index (χ0) is 27.2. The van der Waals surface area contributed by atoms with Gasteiger partial charge in [0.05, 0.1) is 16.8 Å². The molecule has 8 nitrogen and oxygen atoms in total. The maximum atomic E-state index is 12.6. The standard InChI is InChI=1S/C30H30N6O2S2/c37-26-10-9-24(28(38)33-26)36-17-23-20(7-4-8-21(23)30(36)39)16-34-11-13-35(14-12-34)27-22-15-25(19-5-2-1-3-6-19)40-29(22)32-18-31-27/h1-8,15,18,24,30,39H,9-14,16-17H2,(H,33,37,38). The Hall–Kier alpha value is -3.31. The summed E-state index contributed by atoms with van der Waals surface area (Å²) >= 11 is 6.60. The van der Waals surface area contributed by atoms with Crippen molar-refractivity contribution in [3.63, 3.8) is 0 Å². The number of amides is 2. The predicted molar refractivity (Wildman–Crippen MR) is 160 cm³/mol. The first kappa shape index (κ1) is 25.6. The molecule has 0 spiro atoms. The molecule has 2 aromatic heterocycles. The van der Waals surface area contributed by atoms with Crippen LogP contribution in [0.15, 0.2) is 60.9 Å². The van der Waals surface area contributed by atoms with E-state index in [9.17, 15) is 9.59 Å². The number of carbonyl (C=O) groups is 2. The highest BCUT2D eigenvalue weighted by Gasteiger charge is 2.39. The molecule has 0 radical (unpaired) electrons. The summed E-state index contributed by atoms with van der Waals surface area (Å²) in [5, 5.41) is 3.47. The van der Waals surface area contributed by atoms with Crippen LogP contribution in [0.1, 0.15) is 34.9 Å². The molecule has 0 saturated carbocycles. The van der Waals surface area contributed by atoms with Crippen molar-refractivity contribution in [1.29, 1.82) is 0 Å². The normalized spacial score (nSPS) is 22.1. The maximum absolute atomic E-state index is 12.6. The van der Waals surface area contributed by atoms with E-state index in [0.717, 1.165) is 48.8 Å². The number of aromatic nitrogens is 2. The van der Waals surface area contributed by atoms with Crippen molar-refractivity contribution in [2.75, 3.05) is 31.1 Å². The third-order valence-corrected chi connectivity index (χ3v) is 9.95. The second-order valence-electron chi connectivity index (χ2n) is 10.7. The lowest BCUT2D eigenvalue weighted by atomic mass is 10.0. The number of rotatable bonds is 5. The van der Waals surface area contributed by atoms with Crippen molar-refractivity contribution in [2.24, 2.45) is 0 Å². The summed E-state index contributed by atoms with van der Waals surface area (Å²) in [6.07, 6.45) is 2.60. The first-order chi connectivity index (χ1) is 19.5. The molecule has 10 heteroatoms. The molecule has 4 aromatic rings. The first-order valence-corrected chi connectivity index (χ1v) is 15.0. The van der Waals surface area contributed by atoms with Crippen molar-refractivity contribution in [3.8, 4) is 10.4 Å². The highest BCUT2D eigenvalue weighted by atomic mass is 32.1. The lowest BCUT2D eigenvalue weighted by molar-refractivity contribution is -0.137. The van der Waals surface area contributed by atoms with Crippen LogP contribution in [-0.4, -0.2) is 63.8 Å². The summed E-state index contributed by atoms with van der Waals surface area (Å²) in [6, 6.07) is 18.8. The molecule has 1 N–H and O–H groups in total. The fraction of sp³-hybridized carbons (Fsp3) is 0.333. The summed E-state index contributed by atoms with van der Waals surface area (Å²) in [7, 11) is 0. The highest BCUT2D eigenvalue weighted by Crippen LogP contribution is 2.41. The zero-order valence-electron chi connectivity index (χ0n) is 22.0. The van der Waals surface area contributed by atoms with Crippen LogP contribution >= 0.6 is 24.0 Å². The molecule has 7 rings (SSSR count). The van der Waals surface area contributed by atoms with E-state index in [2.05, 4.69) is 73.5 Å². The van der Waals surface area contributed by atoms with Gasteiger partial charge in [0, 0.05) is 50.6 Å². The fourth-order valence-corrected chi connectivity index (χ4v) is 7.65. The predicted octanol–water partition coefficient (Wildman–Crippen LogP) is 4.23. The van der Waals surface area contributed by atoms with Gasteiger partial charge in [-0.05, 0) is 34.7 Å². The van der Waals surface area contributed by atoms with Gasteiger partial charge < -0.3 is 4.90 Å². The third-order valence-electron chi connectivity index (χ3n) is 8.29. The average Bonchev–Trinajstić information content (AvgIpc) is 3.56. The van der Waals surface area contributed by atoms with Crippen molar-refractivity contribution >= 4 is 51.8 Å². The SMILES string of the molecule is O=C1CCC(N2Cc3c(CN4CCN(c5ncnc6sc(-c7ccccc7)cc56)CC4)cccc3C2S)C(=O)N1. The number of piperidine rings is 1. The van der Waals surface area contributed by atoms with E-state index in [-0.39, 0.29) is 23.2 Å². The van der Waals surface area contributed by atoms with Gasteiger partial charge in [0.2, 0.25) is 11.8 Å². The van der Waals surface area contributed by atoms with Gasteiger partial charge in [-0.1, -0.05) is 48.5 Å². The largest absolute Gasteiger partial charge is 0.353 e. The van der Waals surface area contributed by atoms with E-state index in [1.165, 1.54) is 27.1 Å². The van der Waals surface area contributed by atoms with E-state index in [4.69, 9.17) is 17.6 Å². The Morgan fingerprint density at radius 3 is 2.62 bits per heavy atom. The number of fused-ring (bicyclic) bond motifs is 2. The number of imide groups is 1. The minimum atomic E-state index is -0.326. The van der Waals surface area contributed by atoms with E-state index in [1.807, 2.05) is 6.07 Å². The average molecular weight is 571 g/mol. The van der Waals surface area contributed by atoms with Crippen molar-refractivity contribution < 1.29 is 9.59 Å². The Morgan fingerprint density at radius 2 is 1.82 bits per heavy atom.